The number of rotatable bonds is 5. The first-order valence-electron chi connectivity index (χ1n) is 7.02. The molecule has 116 valence electrons. The summed E-state index contributed by atoms with van der Waals surface area (Å²) in [6.07, 6.45) is 3.70. The maximum absolute atomic E-state index is 13.1. The van der Waals surface area contributed by atoms with Crippen LogP contribution in [0.15, 0.2) is 35.5 Å². The number of aromatic nitrogens is 2. The topological polar surface area (TPSA) is 72.0 Å². The molecule has 7 heteroatoms. The van der Waals surface area contributed by atoms with Crippen molar-refractivity contribution in [3.05, 3.63) is 53.4 Å². The Kier molecular flexibility index (Phi) is 3.92. The van der Waals surface area contributed by atoms with Crippen molar-refractivity contribution >= 4 is 10.0 Å². The molecule has 22 heavy (non-hydrogen) atoms. The summed E-state index contributed by atoms with van der Waals surface area (Å²) in [6, 6.07) is 5.43. The van der Waals surface area contributed by atoms with E-state index in [1.165, 1.54) is 18.5 Å². The van der Waals surface area contributed by atoms with E-state index < -0.39 is 15.8 Å². The average molecular weight is 321 g/mol. The number of aryl methyl sites for hydroxylation is 1. The minimum absolute atomic E-state index is 0.0744. The van der Waals surface area contributed by atoms with Gasteiger partial charge in [0.2, 0.25) is 10.0 Å². The number of benzene rings is 1. The Balaban J connectivity index is 1.75. The van der Waals surface area contributed by atoms with Crippen molar-refractivity contribution in [2.45, 2.75) is 37.1 Å². The maximum atomic E-state index is 13.1. The SMILES string of the molecule is Cc1cc(F)ccc1S(=O)(=O)NCc1cc(C2CC2)ncn1. The molecule has 1 aliphatic rings. The number of hydrogen-bond acceptors (Lipinski definition) is 4. The molecule has 1 aromatic heterocycles. The molecule has 0 unspecified atom stereocenters. The third-order valence-electron chi connectivity index (χ3n) is 3.61. The summed E-state index contributed by atoms with van der Waals surface area (Å²) in [6.45, 7) is 1.65. The minimum atomic E-state index is -3.70. The molecule has 5 nitrogen and oxygen atoms in total. The van der Waals surface area contributed by atoms with Gasteiger partial charge in [-0.25, -0.2) is 27.5 Å². The van der Waals surface area contributed by atoms with Crippen LogP contribution in [-0.4, -0.2) is 18.4 Å². The number of hydrogen-bond donors (Lipinski definition) is 1. The van der Waals surface area contributed by atoms with E-state index >= 15 is 0 Å². The van der Waals surface area contributed by atoms with Crippen LogP contribution in [0.3, 0.4) is 0 Å². The fraction of sp³-hybridized carbons (Fsp3) is 0.333. The predicted octanol–water partition coefficient (Wildman–Crippen LogP) is 2.28. The number of nitrogens with zero attached hydrogens (tertiary/aromatic N) is 2. The zero-order valence-electron chi connectivity index (χ0n) is 12.1. The highest BCUT2D eigenvalue weighted by atomic mass is 32.2. The number of nitrogens with one attached hydrogen (secondary N) is 1. The molecule has 0 atom stereocenters. The van der Waals surface area contributed by atoms with Crippen LogP contribution in [-0.2, 0) is 16.6 Å². The molecule has 1 saturated carbocycles. The van der Waals surface area contributed by atoms with E-state index in [1.54, 1.807) is 6.92 Å². The van der Waals surface area contributed by atoms with E-state index in [0.29, 0.717) is 17.2 Å². The van der Waals surface area contributed by atoms with Gasteiger partial charge in [-0.3, -0.25) is 0 Å². The summed E-state index contributed by atoms with van der Waals surface area (Å²) in [5, 5.41) is 0. The molecule has 1 aliphatic carbocycles. The largest absolute Gasteiger partial charge is 0.241 e. The van der Waals surface area contributed by atoms with Gasteiger partial charge in [-0.2, -0.15) is 0 Å². The van der Waals surface area contributed by atoms with Gasteiger partial charge in [0.25, 0.3) is 0 Å². The van der Waals surface area contributed by atoms with E-state index in [0.717, 1.165) is 24.6 Å². The van der Waals surface area contributed by atoms with Gasteiger partial charge in [-0.05, 0) is 49.6 Å². The van der Waals surface area contributed by atoms with Crippen LogP contribution in [0.4, 0.5) is 4.39 Å². The Labute approximate surface area is 128 Å². The van der Waals surface area contributed by atoms with E-state index in [4.69, 9.17) is 0 Å². The van der Waals surface area contributed by atoms with Gasteiger partial charge < -0.3 is 0 Å². The van der Waals surface area contributed by atoms with Crippen molar-refractivity contribution in [2.24, 2.45) is 0 Å². The number of sulfonamides is 1. The molecule has 3 rings (SSSR count). The van der Waals surface area contributed by atoms with Gasteiger partial charge in [0.1, 0.15) is 12.1 Å². The molecule has 0 bridgehead atoms. The summed E-state index contributed by atoms with van der Waals surface area (Å²) >= 11 is 0. The molecule has 2 aromatic rings. The zero-order valence-corrected chi connectivity index (χ0v) is 12.9. The van der Waals surface area contributed by atoms with Crippen LogP contribution in [0.1, 0.15) is 35.7 Å². The molecule has 0 radical (unpaired) electrons. The summed E-state index contributed by atoms with van der Waals surface area (Å²) in [5.41, 5.74) is 1.95. The van der Waals surface area contributed by atoms with Crippen LogP contribution < -0.4 is 4.72 Å². The van der Waals surface area contributed by atoms with Crippen molar-refractivity contribution in [2.75, 3.05) is 0 Å². The second-order valence-corrected chi connectivity index (χ2v) is 7.18. The number of halogens is 1. The predicted molar refractivity (Wildman–Crippen MR) is 79.2 cm³/mol. The Hall–Kier alpha value is -1.86. The lowest BCUT2D eigenvalue weighted by Gasteiger charge is -2.09. The third-order valence-corrected chi connectivity index (χ3v) is 5.17. The molecule has 1 fully saturated rings. The fourth-order valence-corrected chi connectivity index (χ4v) is 3.50. The highest BCUT2D eigenvalue weighted by Crippen LogP contribution is 2.38. The molecular weight excluding hydrogens is 305 g/mol. The van der Waals surface area contributed by atoms with Crippen molar-refractivity contribution in [3.8, 4) is 0 Å². The molecule has 0 saturated heterocycles. The van der Waals surface area contributed by atoms with Gasteiger partial charge in [-0.15, -0.1) is 0 Å². The van der Waals surface area contributed by atoms with E-state index in [9.17, 15) is 12.8 Å². The van der Waals surface area contributed by atoms with Gasteiger partial charge in [-0.1, -0.05) is 0 Å². The second-order valence-electron chi connectivity index (χ2n) is 5.44. The highest BCUT2D eigenvalue weighted by Gasteiger charge is 2.25. The third kappa shape index (κ3) is 3.31. The standard InChI is InChI=1S/C15H16FN3O2S/c1-10-6-12(16)4-5-15(10)22(20,21)19-8-13-7-14(11-2-3-11)18-9-17-13/h4-7,9,11,19H,2-3,8H2,1H3. The van der Waals surface area contributed by atoms with Gasteiger partial charge in [0.15, 0.2) is 0 Å². The first kappa shape index (κ1) is 15.1. The first-order chi connectivity index (χ1) is 10.5. The molecule has 0 aliphatic heterocycles. The maximum Gasteiger partial charge on any atom is 0.241 e. The molecule has 1 N–H and O–H groups in total. The lowest BCUT2D eigenvalue weighted by Crippen LogP contribution is -2.24. The fourth-order valence-electron chi connectivity index (χ4n) is 2.28. The average Bonchev–Trinajstić information content (AvgIpc) is 3.30. The quantitative estimate of drug-likeness (QED) is 0.917. The first-order valence-corrected chi connectivity index (χ1v) is 8.51. The van der Waals surface area contributed by atoms with Crippen LogP contribution in [0, 0.1) is 12.7 Å². The molecule has 0 spiro atoms. The van der Waals surface area contributed by atoms with Crippen LogP contribution in [0.25, 0.3) is 0 Å². The molecule has 1 aromatic carbocycles. The zero-order chi connectivity index (χ0) is 15.7. The Bertz CT molecular complexity index is 804. The van der Waals surface area contributed by atoms with Crippen molar-refractivity contribution < 1.29 is 12.8 Å². The van der Waals surface area contributed by atoms with Gasteiger partial charge in [0, 0.05) is 11.6 Å². The van der Waals surface area contributed by atoms with E-state index in [1.807, 2.05) is 6.07 Å². The molecule has 0 amide bonds. The van der Waals surface area contributed by atoms with Crippen molar-refractivity contribution in [3.63, 3.8) is 0 Å². The van der Waals surface area contributed by atoms with Crippen LogP contribution >= 0.6 is 0 Å². The molecular formula is C15H16FN3O2S. The molecule has 1 heterocycles. The summed E-state index contributed by atoms with van der Waals surface area (Å²) in [5.74, 6) is 0.0269. The van der Waals surface area contributed by atoms with E-state index in [-0.39, 0.29) is 11.4 Å². The summed E-state index contributed by atoms with van der Waals surface area (Å²) in [4.78, 5) is 8.36. The Morgan fingerprint density at radius 2 is 2.05 bits per heavy atom. The van der Waals surface area contributed by atoms with Gasteiger partial charge >= 0.3 is 0 Å². The van der Waals surface area contributed by atoms with Crippen molar-refractivity contribution in [1.82, 2.24) is 14.7 Å². The summed E-state index contributed by atoms with van der Waals surface area (Å²) < 4.78 is 40.2. The normalized spacial score (nSPS) is 15.0. The van der Waals surface area contributed by atoms with E-state index in [2.05, 4.69) is 14.7 Å². The minimum Gasteiger partial charge on any atom is -0.241 e. The van der Waals surface area contributed by atoms with Crippen molar-refractivity contribution in [1.29, 1.82) is 0 Å². The van der Waals surface area contributed by atoms with Crippen LogP contribution in [0.5, 0.6) is 0 Å². The Morgan fingerprint density at radius 1 is 1.27 bits per heavy atom. The van der Waals surface area contributed by atoms with Crippen LogP contribution in [0.2, 0.25) is 0 Å². The smallest absolute Gasteiger partial charge is 0.241 e. The lowest BCUT2D eigenvalue weighted by molar-refractivity contribution is 0.578. The van der Waals surface area contributed by atoms with Gasteiger partial charge in [0.05, 0.1) is 17.1 Å². The summed E-state index contributed by atoms with van der Waals surface area (Å²) in [7, 11) is -3.70. The lowest BCUT2D eigenvalue weighted by atomic mass is 10.2. The highest BCUT2D eigenvalue weighted by molar-refractivity contribution is 7.89. The monoisotopic (exact) mass is 321 g/mol. The second kappa shape index (κ2) is 5.73. The Morgan fingerprint density at radius 3 is 2.73 bits per heavy atom.